The summed E-state index contributed by atoms with van der Waals surface area (Å²) in [6.45, 7) is 6.28. The maximum absolute atomic E-state index is 12.6. The minimum atomic E-state index is -0.0176. The van der Waals surface area contributed by atoms with Gasteiger partial charge in [0.1, 0.15) is 17.2 Å². The molecule has 0 spiro atoms. The molecule has 234 valence electrons. The zero-order chi connectivity index (χ0) is 31.0. The number of Topliss-reactive ketones (excluding diaryl/α,β-unsaturated/α-hetero) is 1. The smallest absolute Gasteiger partial charge is 0.223 e. The van der Waals surface area contributed by atoms with Gasteiger partial charge in [0, 0.05) is 37.6 Å². The number of ether oxygens (including phenoxy) is 3. The summed E-state index contributed by atoms with van der Waals surface area (Å²) in [6.07, 6.45) is 8.06. The van der Waals surface area contributed by atoms with Gasteiger partial charge in [0.2, 0.25) is 5.91 Å². The van der Waals surface area contributed by atoms with E-state index in [1.54, 1.807) is 31.4 Å². The van der Waals surface area contributed by atoms with Gasteiger partial charge in [0.05, 0.1) is 20.3 Å². The molecular formula is C37H46N2O5. The molecule has 1 aliphatic rings. The molecule has 3 aromatic rings. The number of likely N-dealkylation sites (tertiary alicyclic amines) is 1. The fourth-order valence-corrected chi connectivity index (χ4v) is 5.24. The summed E-state index contributed by atoms with van der Waals surface area (Å²) in [6, 6.07) is 23.4. The molecule has 0 unspecified atom stereocenters. The topological polar surface area (TPSA) is 77.1 Å². The molecule has 1 fully saturated rings. The number of hydrogen-bond donors (Lipinski definition) is 1. The van der Waals surface area contributed by atoms with Crippen molar-refractivity contribution in [3.05, 3.63) is 101 Å². The second-order valence-electron chi connectivity index (χ2n) is 11.4. The van der Waals surface area contributed by atoms with Gasteiger partial charge in [-0.25, -0.2) is 0 Å². The van der Waals surface area contributed by atoms with E-state index in [1.165, 1.54) is 29.5 Å². The number of nitrogens with zero attached hydrogens (tertiary/aromatic N) is 1. The quantitative estimate of drug-likeness (QED) is 0.126. The molecule has 1 saturated heterocycles. The number of unbranched alkanes of at least 4 members (excludes halogenated alkanes) is 1. The first kappa shape index (κ1) is 32.8. The first-order valence-corrected chi connectivity index (χ1v) is 15.8. The number of ketones is 1. The number of benzene rings is 3. The summed E-state index contributed by atoms with van der Waals surface area (Å²) in [7, 11) is 1.60. The number of aryl methyl sites for hydroxylation is 1. The van der Waals surface area contributed by atoms with Crippen LogP contribution in [0.5, 0.6) is 17.2 Å². The van der Waals surface area contributed by atoms with Crippen LogP contribution in [0.25, 0.3) is 0 Å². The standard InChI is InChI=1S/C37H46N2O5/c1-29-9-7-10-35(25-29)44-24-8-23-43-34-17-13-30(14-18-34)26-31(28-39-21-5-6-22-39)27-38-37(41)12-4-3-11-36(40)32-15-19-33(42-2)20-16-32/h7,9-10,13-20,25,27H,3-6,8,11-12,21-24,26,28H2,1-2H3,(H,38,41). The average molecular weight is 599 g/mol. The summed E-state index contributed by atoms with van der Waals surface area (Å²) in [4.78, 5) is 27.5. The molecule has 7 heteroatoms. The first-order valence-electron chi connectivity index (χ1n) is 15.8. The van der Waals surface area contributed by atoms with E-state index in [2.05, 4.69) is 35.3 Å². The summed E-state index contributed by atoms with van der Waals surface area (Å²) in [5.41, 5.74) is 4.22. The molecule has 1 heterocycles. The van der Waals surface area contributed by atoms with Gasteiger partial charge in [-0.3, -0.25) is 14.5 Å². The number of methoxy groups -OCH3 is 1. The fourth-order valence-electron chi connectivity index (χ4n) is 5.24. The van der Waals surface area contributed by atoms with Crippen molar-refractivity contribution in [3.63, 3.8) is 0 Å². The van der Waals surface area contributed by atoms with E-state index in [1.807, 2.05) is 36.5 Å². The number of hydrogen-bond acceptors (Lipinski definition) is 6. The van der Waals surface area contributed by atoms with E-state index in [0.29, 0.717) is 44.5 Å². The van der Waals surface area contributed by atoms with Gasteiger partial charge in [0.25, 0.3) is 0 Å². The molecule has 1 N–H and O–H groups in total. The van der Waals surface area contributed by atoms with Gasteiger partial charge < -0.3 is 19.5 Å². The minimum Gasteiger partial charge on any atom is -0.497 e. The highest BCUT2D eigenvalue weighted by Crippen LogP contribution is 2.19. The highest BCUT2D eigenvalue weighted by atomic mass is 16.5. The van der Waals surface area contributed by atoms with Crippen molar-refractivity contribution in [1.29, 1.82) is 0 Å². The molecule has 3 aromatic carbocycles. The Morgan fingerprint density at radius 2 is 1.50 bits per heavy atom. The van der Waals surface area contributed by atoms with E-state index in [4.69, 9.17) is 14.2 Å². The molecule has 0 bridgehead atoms. The lowest BCUT2D eigenvalue weighted by Gasteiger charge is -2.18. The molecule has 0 atom stereocenters. The molecule has 0 aromatic heterocycles. The van der Waals surface area contributed by atoms with Crippen molar-refractivity contribution in [2.75, 3.05) is 40.0 Å². The van der Waals surface area contributed by atoms with Crippen LogP contribution < -0.4 is 19.5 Å². The number of rotatable bonds is 18. The van der Waals surface area contributed by atoms with E-state index in [-0.39, 0.29) is 11.7 Å². The first-order chi connectivity index (χ1) is 21.5. The predicted molar refractivity (Wildman–Crippen MR) is 175 cm³/mol. The van der Waals surface area contributed by atoms with Gasteiger partial charge in [-0.15, -0.1) is 0 Å². The maximum Gasteiger partial charge on any atom is 0.223 e. The molecular weight excluding hydrogens is 552 g/mol. The van der Waals surface area contributed by atoms with Crippen molar-refractivity contribution in [2.45, 2.75) is 58.3 Å². The average Bonchev–Trinajstić information content (AvgIpc) is 3.55. The Kier molecular flexibility index (Phi) is 13.3. The van der Waals surface area contributed by atoms with Crippen LogP contribution in [0.1, 0.15) is 66.4 Å². The van der Waals surface area contributed by atoms with Crippen LogP contribution in [0.3, 0.4) is 0 Å². The van der Waals surface area contributed by atoms with Crippen molar-refractivity contribution >= 4 is 11.7 Å². The van der Waals surface area contributed by atoms with E-state index >= 15 is 0 Å². The number of amides is 1. The SMILES string of the molecule is COc1ccc(C(=O)CCCCC(=O)NC=C(Cc2ccc(OCCCOc3cccc(C)c3)cc2)CN2CCCC2)cc1. The number of nitrogens with one attached hydrogen (secondary N) is 1. The summed E-state index contributed by atoms with van der Waals surface area (Å²) >= 11 is 0. The molecule has 44 heavy (non-hydrogen) atoms. The van der Waals surface area contributed by atoms with Crippen LogP contribution in [0.2, 0.25) is 0 Å². The van der Waals surface area contributed by atoms with Crippen LogP contribution in [0, 0.1) is 6.92 Å². The highest BCUT2D eigenvalue weighted by Gasteiger charge is 2.14. The molecule has 1 amide bonds. The van der Waals surface area contributed by atoms with Crippen LogP contribution in [-0.4, -0.2) is 56.5 Å². The summed E-state index contributed by atoms with van der Waals surface area (Å²) < 4.78 is 16.9. The Labute approximate surface area is 262 Å². The Morgan fingerprint density at radius 3 is 2.20 bits per heavy atom. The van der Waals surface area contributed by atoms with Gasteiger partial charge in [0.15, 0.2) is 5.78 Å². The predicted octanol–water partition coefficient (Wildman–Crippen LogP) is 6.93. The van der Waals surface area contributed by atoms with E-state index < -0.39 is 0 Å². The normalized spacial score (nSPS) is 13.5. The van der Waals surface area contributed by atoms with Crippen LogP contribution in [-0.2, 0) is 11.2 Å². The van der Waals surface area contributed by atoms with Crippen LogP contribution in [0.15, 0.2) is 84.6 Å². The fraction of sp³-hybridized carbons (Fsp3) is 0.405. The largest absolute Gasteiger partial charge is 0.497 e. The van der Waals surface area contributed by atoms with Crippen molar-refractivity contribution in [2.24, 2.45) is 0 Å². The monoisotopic (exact) mass is 598 g/mol. The molecule has 0 aliphatic carbocycles. The van der Waals surface area contributed by atoms with Crippen molar-refractivity contribution < 1.29 is 23.8 Å². The zero-order valence-electron chi connectivity index (χ0n) is 26.2. The number of carbonyl (C=O) groups excluding carboxylic acids is 2. The van der Waals surface area contributed by atoms with Gasteiger partial charge in [-0.2, -0.15) is 0 Å². The summed E-state index contributed by atoms with van der Waals surface area (Å²) in [5.74, 6) is 2.53. The lowest BCUT2D eigenvalue weighted by Crippen LogP contribution is -2.25. The van der Waals surface area contributed by atoms with Crippen LogP contribution >= 0.6 is 0 Å². The third-order valence-corrected chi connectivity index (χ3v) is 7.70. The molecule has 1 aliphatic heterocycles. The van der Waals surface area contributed by atoms with Gasteiger partial charge in [-0.1, -0.05) is 24.3 Å². The van der Waals surface area contributed by atoms with Crippen molar-refractivity contribution in [1.82, 2.24) is 10.2 Å². The van der Waals surface area contributed by atoms with Gasteiger partial charge >= 0.3 is 0 Å². The zero-order valence-corrected chi connectivity index (χ0v) is 26.2. The summed E-state index contributed by atoms with van der Waals surface area (Å²) in [5, 5.41) is 3.01. The molecule has 4 rings (SSSR count). The van der Waals surface area contributed by atoms with Crippen LogP contribution in [0.4, 0.5) is 0 Å². The molecule has 0 saturated carbocycles. The molecule has 0 radical (unpaired) electrons. The highest BCUT2D eigenvalue weighted by molar-refractivity contribution is 5.96. The third-order valence-electron chi connectivity index (χ3n) is 7.70. The second-order valence-corrected chi connectivity index (χ2v) is 11.4. The lowest BCUT2D eigenvalue weighted by molar-refractivity contribution is -0.120. The lowest BCUT2D eigenvalue weighted by atomic mass is 10.0. The van der Waals surface area contributed by atoms with E-state index in [0.717, 1.165) is 49.7 Å². The minimum absolute atomic E-state index is 0.0176. The second kappa shape index (κ2) is 17.9. The Hall–Kier alpha value is -4.10. The Balaban J connectivity index is 1.19. The Morgan fingerprint density at radius 1 is 0.818 bits per heavy atom. The van der Waals surface area contributed by atoms with E-state index in [9.17, 15) is 9.59 Å². The van der Waals surface area contributed by atoms with Gasteiger partial charge in [-0.05, 0) is 117 Å². The maximum atomic E-state index is 12.6. The van der Waals surface area contributed by atoms with Crippen molar-refractivity contribution in [3.8, 4) is 17.2 Å². The Bertz CT molecular complexity index is 1350. The number of carbonyl (C=O) groups is 2. The molecule has 7 nitrogen and oxygen atoms in total. The third kappa shape index (κ3) is 11.5.